The fourth-order valence-electron chi connectivity index (χ4n) is 2.40. The van der Waals surface area contributed by atoms with Gasteiger partial charge >= 0.3 is 0 Å². The predicted molar refractivity (Wildman–Crippen MR) is 62.6 cm³/mol. The molecule has 2 nitrogen and oxygen atoms in total. The molecule has 2 aliphatic rings. The summed E-state index contributed by atoms with van der Waals surface area (Å²) >= 11 is 0. The maximum atomic E-state index is 3.51. The fraction of sp³-hybridized carbons (Fsp3) is 0.385. The highest BCUT2D eigenvalue weighted by atomic mass is 15.1. The van der Waals surface area contributed by atoms with Crippen molar-refractivity contribution < 1.29 is 0 Å². The third-order valence-corrected chi connectivity index (χ3v) is 3.24. The Morgan fingerprint density at radius 2 is 2.00 bits per heavy atom. The number of hydrogen-bond donors (Lipinski definition) is 2. The molecule has 1 aromatic carbocycles. The lowest BCUT2D eigenvalue weighted by Crippen LogP contribution is -2.24. The second kappa shape index (κ2) is 3.61. The molecular formula is C13H16N2. The fourth-order valence-corrected chi connectivity index (χ4v) is 2.40. The lowest BCUT2D eigenvalue weighted by molar-refractivity contribution is 0.716. The Labute approximate surface area is 90.4 Å². The van der Waals surface area contributed by atoms with Crippen LogP contribution in [0.5, 0.6) is 0 Å². The largest absolute Gasteiger partial charge is 0.372 e. The van der Waals surface area contributed by atoms with E-state index < -0.39 is 0 Å². The second-order valence-corrected chi connectivity index (χ2v) is 4.32. The molecule has 2 heteroatoms. The van der Waals surface area contributed by atoms with E-state index in [0.717, 1.165) is 13.0 Å². The maximum absolute atomic E-state index is 3.51. The first kappa shape index (κ1) is 8.84. The summed E-state index contributed by atoms with van der Waals surface area (Å²) in [6.45, 7) is 1.11. The van der Waals surface area contributed by atoms with Gasteiger partial charge in [-0.15, -0.1) is 0 Å². The summed E-state index contributed by atoms with van der Waals surface area (Å²) in [7, 11) is 0. The maximum Gasteiger partial charge on any atom is 0.103 e. The molecule has 78 valence electrons. The van der Waals surface area contributed by atoms with Gasteiger partial charge < -0.3 is 10.6 Å². The van der Waals surface area contributed by atoms with Gasteiger partial charge in [0.05, 0.1) is 0 Å². The highest BCUT2D eigenvalue weighted by molar-refractivity contribution is 5.59. The molecule has 0 amide bonds. The van der Waals surface area contributed by atoms with Crippen LogP contribution >= 0.6 is 0 Å². The molecule has 0 radical (unpaired) electrons. The minimum atomic E-state index is 1.11. The first-order chi connectivity index (χ1) is 7.43. The minimum Gasteiger partial charge on any atom is -0.372 e. The third kappa shape index (κ3) is 1.60. The van der Waals surface area contributed by atoms with Crippen molar-refractivity contribution >= 4 is 5.69 Å². The van der Waals surface area contributed by atoms with Gasteiger partial charge in [-0.2, -0.15) is 0 Å². The standard InChI is InChI=1S/C13H16N2/c1-2-7-12-10(5-1)9-11-6-3-4-8-14-13(11)15-12/h1-2,5,7,14-15H,3-4,6,8-9H2. The van der Waals surface area contributed by atoms with Crippen LogP contribution in [0.2, 0.25) is 0 Å². The van der Waals surface area contributed by atoms with Crippen molar-refractivity contribution in [2.45, 2.75) is 25.7 Å². The van der Waals surface area contributed by atoms with Crippen molar-refractivity contribution in [2.24, 2.45) is 0 Å². The molecule has 0 bridgehead atoms. The Bertz CT molecular complexity index is 370. The van der Waals surface area contributed by atoms with E-state index in [-0.39, 0.29) is 0 Å². The third-order valence-electron chi connectivity index (χ3n) is 3.24. The Morgan fingerprint density at radius 3 is 3.00 bits per heavy atom. The van der Waals surface area contributed by atoms with Crippen LogP contribution in [0.3, 0.4) is 0 Å². The van der Waals surface area contributed by atoms with Gasteiger partial charge in [0.15, 0.2) is 0 Å². The molecule has 1 aromatic rings. The van der Waals surface area contributed by atoms with Crippen LogP contribution in [0.1, 0.15) is 24.8 Å². The van der Waals surface area contributed by atoms with Crippen LogP contribution in [-0.4, -0.2) is 6.54 Å². The monoisotopic (exact) mass is 200 g/mol. The summed E-state index contributed by atoms with van der Waals surface area (Å²) in [6.07, 6.45) is 4.95. The molecule has 2 heterocycles. The second-order valence-electron chi connectivity index (χ2n) is 4.32. The number of para-hydroxylation sites is 1. The highest BCUT2D eigenvalue weighted by Gasteiger charge is 2.18. The molecule has 0 saturated heterocycles. The van der Waals surface area contributed by atoms with E-state index in [9.17, 15) is 0 Å². The number of anilines is 1. The van der Waals surface area contributed by atoms with Crippen LogP contribution < -0.4 is 10.6 Å². The van der Waals surface area contributed by atoms with Crippen molar-refractivity contribution in [1.82, 2.24) is 5.32 Å². The van der Waals surface area contributed by atoms with Crippen molar-refractivity contribution in [3.05, 3.63) is 41.2 Å². The predicted octanol–water partition coefficient (Wildman–Crippen LogP) is 2.64. The molecule has 0 unspecified atom stereocenters. The normalized spacial score (nSPS) is 19.5. The first-order valence-electron chi connectivity index (χ1n) is 5.74. The van der Waals surface area contributed by atoms with E-state index >= 15 is 0 Å². The van der Waals surface area contributed by atoms with Crippen molar-refractivity contribution in [1.29, 1.82) is 0 Å². The average Bonchev–Trinajstić information content (AvgIpc) is 2.50. The number of rotatable bonds is 0. The summed E-state index contributed by atoms with van der Waals surface area (Å²) in [5.74, 6) is 1.27. The zero-order valence-corrected chi connectivity index (χ0v) is 8.84. The van der Waals surface area contributed by atoms with E-state index in [1.165, 1.54) is 36.3 Å². The smallest absolute Gasteiger partial charge is 0.103 e. The van der Waals surface area contributed by atoms with Gasteiger partial charge in [-0.05, 0) is 42.9 Å². The molecular weight excluding hydrogens is 184 g/mol. The van der Waals surface area contributed by atoms with Crippen LogP contribution in [-0.2, 0) is 6.42 Å². The molecule has 0 aromatic heterocycles. The van der Waals surface area contributed by atoms with Gasteiger partial charge in [-0.3, -0.25) is 0 Å². The van der Waals surface area contributed by atoms with Gasteiger partial charge in [0.25, 0.3) is 0 Å². The van der Waals surface area contributed by atoms with Gasteiger partial charge in [0.2, 0.25) is 0 Å². The zero-order chi connectivity index (χ0) is 10.1. The highest BCUT2D eigenvalue weighted by Crippen LogP contribution is 2.29. The van der Waals surface area contributed by atoms with E-state index in [4.69, 9.17) is 0 Å². The Hall–Kier alpha value is -1.44. The minimum absolute atomic E-state index is 1.11. The van der Waals surface area contributed by atoms with Crippen molar-refractivity contribution in [2.75, 3.05) is 11.9 Å². The van der Waals surface area contributed by atoms with Gasteiger partial charge in [0.1, 0.15) is 5.82 Å². The molecule has 2 aliphatic heterocycles. The Balaban J connectivity index is 1.94. The van der Waals surface area contributed by atoms with Crippen LogP contribution in [0.15, 0.2) is 35.7 Å². The van der Waals surface area contributed by atoms with Crippen molar-refractivity contribution in [3.63, 3.8) is 0 Å². The SMILES string of the molecule is c1ccc2c(c1)CC1=C(NCCCC1)N2. The quantitative estimate of drug-likeness (QED) is 0.672. The summed E-state index contributed by atoms with van der Waals surface area (Å²) in [5.41, 5.74) is 4.25. The molecule has 0 aliphatic carbocycles. The summed E-state index contributed by atoms with van der Waals surface area (Å²) in [5, 5.41) is 7.00. The van der Waals surface area contributed by atoms with Gasteiger partial charge in [0, 0.05) is 12.2 Å². The summed E-state index contributed by atoms with van der Waals surface area (Å²) in [6, 6.07) is 8.59. The Kier molecular flexibility index (Phi) is 2.13. The number of benzene rings is 1. The van der Waals surface area contributed by atoms with Gasteiger partial charge in [-0.25, -0.2) is 0 Å². The summed E-state index contributed by atoms with van der Waals surface area (Å²) in [4.78, 5) is 0. The zero-order valence-electron chi connectivity index (χ0n) is 8.84. The lowest BCUT2D eigenvalue weighted by Gasteiger charge is -2.23. The molecule has 0 spiro atoms. The molecule has 0 atom stereocenters. The Morgan fingerprint density at radius 1 is 1.07 bits per heavy atom. The van der Waals surface area contributed by atoms with E-state index in [1.54, 1.807) is 5.57 Å². The van der Waals surface area contributed by atoms with Crippen LogP contribution in [0.4, 0.5) is 5.69 Å². The summed E-state index contributed by atoms with van der Waals surface area (Å²) < 4.78 is 0. The topological polar surface area (TPSA) is 24.1 Å². The lowest BCUT2D eigenvalue weighted by atomic mass is 9.97. The van der Waals surface area contributed by atoms with Crippen LogP contribution in [0, 0.1) is 0 Å². The number of fused-ring (bicyclic) bond motifs is 1. The number of allylic oxidation sites excluding steroid dienone is 1. The number of nitrogens with one attached hydrogen (secondary N) is 2. The van der Waals surface area contributed by atoms with Gasteiger partial charge in [-0.1, -0.05) is 18.2 Å². The van der Waals surface area contributed by atoms with E-state index in [1.807, 2.05) is 0 Å². The molecule has 2 N–H and O–H groups in total. The van der Waals surface area contributed by atoms with E-state index in [2.05, 4.69) is 34.9 Å². The van der Waals surface area contributed by atoms with E-state index in [0.29, 0.717) is 0 Å². The molecule has 0 fully saturated rings. The number of hydrogen-bond acceptors (Lipinski definition) is 2. The molecule has 3 rings (SSSR count). The van der Waals surface area contributed by atoms with Crippen molar-refractivity contribution in [3.8, 4) is 0 Å². The van der Waals surface area contributed by atoms with Crippen LogP contribution in [0.25, 0.3) is 0 Å². The molecule has 15 heavy (non-hydrogen) atoms. The average molecular weight is 200 g/mol. The molecule has 0 saturated carbocycles. The first-order valence-corrected chi connectivity index (χ1v) is 5.74.